The fourth-order valence-corrected chi connectivity index (χ4v) is 4.18. The molecule has 0 radical (unpaired) electrons. The van der Waals surface area contributed by atoms with Crippen LogP contribution in [0.1, 0.15) is 72.6 Å². The number of rotatable bonds is 0. The lowest BCUT2D eigenvalue weighted by Crippen LogP contribution is -2.37. The van der Waals surface area contributed by atoms with Crippen LogP contribution in [-0.4, -0.2) is 0 Å². The van der Waals surface area contributed by atoms with E-state index in [4.69, 9.17) is 0 Å². The van der Waals surface area contributed by atoms with E-state index in [0.717, 1.165) is 5.92 Å². The molecule has 2 rings (SSSR count). The highest BCUT2D eigenvalue weighted by atomic mass is 14.5. The van der Waals surface area contributed by atoms with Gasteiger partial charge in [-0.25, -0.2) is 0 Å². The molecule has 0 amide bonds. The molecule has 0 N–H and O–H groups in total. The predicted octanol–water partition coefficient (Wildman–Crippen LogP) is 6.45. The van der Waals surface area contributed by atoms with Crippen LogP contribution in [0.25, 0.3) is 0 Å². The van der Waals surface area contributed by atoms with Gasteiger partial charge in [0.1, 0.15) is 0 Å². The van der Waals surface area contributed by atoms with Gasteiger partial charge in [-0.2, -0.15) is 0 Å². The Kier molecular flexibility index (Phi) is 4.94. The van der Waals surface area contributed by atoms with Crippen molar-refractivity contribution in [1.82, 2.24) is 0 Å². The van der Waals surface area contributed by atoms with Crippen molar-refractivity contribution >= 4 is 0 Å². The summed E-state index contributed by atoms with van der Waals surface area (Å²) >= 11 is 0. The summed E-state index contributed by atoms with van der Waals surface area (Å²) in [5.74, 6) is 1.54. The Balaban J connectivity index is 2.26. The minimum Gasteiger partial charge on any atom is -0.0996 e. The van der Waals surface area contributed by atoms with E-state index in [2.05, 4.69) is 46.4 Å². The molecule has 2 aliphatic carbocycles. The van der Waals surface area contributed by atoms with Gasteiger partial charge in [0, 0.05) is 0 Å². The van der Waals surface area contributed by atoms with Crippen molar-refractivity contribution in [3.8, 4) is 0 Å². The molecule has 1 saturated carbocycles. The molecule has 0 aliphatic heterocycles. The van der Waals surface area contributed by atoms with Gasteiger partial charge in [0.2, 0.25) is 0 Å². The molecule has 0 spiro atoms. The zero-order valence-electron chi connectivity index (χ0n) is 14.0. The molecule has 0 heterocycles. The molecule has 2 aliphatic rings. The lowest BCUT2D eigenvalue weighted by atomic mass is 9.58. The Hall–Kier alpha value is -0.780. The van der Waals surface area contributed by atoms with Crippen LogP contribution in [0.2, 0.25) is 0 Å². The Morgan fingerprint density at radius 1 is 1.00 bits per heavy atom. The molecule has 2 atom stereocenters. The minimum absolute atomic E-state index is 0.408. The van der Waals surface area contributed by atoms with Gasteiger partial charge in [0.25, 0.3) is 0 Å². The number of hydrogen-bond donors (Lipinski definition) is 0. The predicted molar refractivity (Wildman–Crippen MR) is 89.7 cm³/mol. The molecular formula is C20H32. The maximum Gasteiger partial charge on any atom is -0.0149 e. The van der Waals surface area contributed by atoms with Crippen LogP contribution in [0.5, 0.6) is 0 Å². The van der Waals surface area contributed by atoms with E-state index >= 15 is 0 Å². The molecular weight excluding hydrogens is 240 g/mol. The fraction of sp³-hybridized carbons (Fsp3) is 0.700. The van der Waals surface area contributed by atoms with E-state index in [0.29, 0.717) is 11.3 Å². The second-order valence-corrected chi connectivity index (χ2v) is 7.68. The van der Waals surface area contributed by atoms with Crippen LogP contribution in [0.15, 0.2) is 35.5 Å². The van der Waals surface area contributed by atoms with Crippen molar-refractivity contribution in [1.29, 1.82) is 0 Å². The van der Waals surface area contributed by atoms with Gasteiger partial charge < -0.3 is 0 Å². The standard InChI is InChI=1S/C20H32/c1-15-7-6-8-16(2)10-14-19-17(3)11-13-18(12-9-15)20(19,4)5/h8-9,18-19H,3,6-7,10-14H2,1-2,4-5H3/b15-9+,16-8+/t18-,19-/m1/s1. The highest BCUT2D eigenvalue weighted by Gasteiger charge is 2.40. The molecule has 20 heavy (non-hydrogen) atoms. The lowest BCUT2D eigenvalue weighted by Gasteiger charge is -2.47. The monoisotopic (exact) mass is 272 g/mol. The SMILES string of the molecule is C=C1CC[C@H]2C/C=C(\C)CC/C=C(\C)CC[C@H]1C2(C)C. The second kappa shape index (κ2) is 6.33. The number of fused-ring (bicyclic) bond motifs is 2. The van der Waals surface area contributed by atoms with Crippen molar-refractivity contribution in [3.05, 3.63) is 35.5 Å². The molecule has 0 aromatic rings. The highest BCUT2D eigenvalue weighted by Crippen LogP contribution is 2.51. The van der Waals surface area contributed by atoms with Gasteiger partial charge >= 0.3 is 0 Å². The average molecular weight is 272 g/mol. The number of hydrogen-bond acceptors (Lipinski definition) is 0. The first-order valence-electron chi connectivity index (χ1n) is 8.40. The van der Waals surface area contributed by atoms with E-state index in [1.165, 1.54) is 50.5 Å². The van der Waals surface area contributed by atoms with Gasteiger partial charge in [0.05, 0.1) is 0 Å². The van der Waals surface area contributed by atoms with Gasteiger partial charge in [-0.15, -0.1) is 0 Å². The molecule has 0 saturated heterocycles. The van der Waals surface area contributed by atoms with Crippen molar-refractivity contribution in [2.24, 2.45) is 17.3 Å². The van der Waals surface area contributed by atoms with Crippen molar-refractivity contribution in [3.63, 3.8) is 0 Å². The zero-order chi connectivity index (χ0) is 14.8. The molecule has 0 unspecified atom stereocenters. The smallest absolute Gasteiger partial charge is 0.0149 e. The Morgan fingerprint density at radius 3 is 2.45 bits per heavy atom. The van der Waals surface area contributed by atoms with Crippen LogP contribution in [0.4, 0.5) is 0 Å². The minimum atomic E-state index is 0.408. The molecule has 0 heteroatoms. The molecule has 2 bridgehead atoms. The van der Waals surface area contributed by atoms with E-state index in [-0.39, 0.29) is 0 Å². The Bertz CT molecular complexity index is 419. The molecule has 0 aromatic heterocycles. The summed E-state index contributed by atoms with van der Waals surface area (Å²) in [4.78, 5) is 0. The maximum absolute atomic E-state index is 4.40. The van der Waals surface area contributed by atoms with Crippen molar-refractivity contribution in [2.75, 3.05) is 0 Å². The van der Waals surface area contributed by atoms with Gasteiger partial charge in [-0.05, 0) is 76.0 Å². The van der Waals surface area contributed by atoms with Gasteiger partial charge in [-0.3, -0.25) is 0 Å². The van der Waals surface area contributed by atoms with E-state index < -0.39 is 0 Å². The largest absolute Gasteiger partial charge is 0.0996 e. The normalized spacial score (nSPS) is 36.9. The lowest BCUT2D eigenvalue weighted by molar-refractivity contribution is 0.0950. The first-order valence-corrected chi connectivity index (χ1v) is 8.40. The van der Waals surface area contributed by atoms with E-state index in [1.54, 1.807) is 11.1 Å². The second-order valence-electron chi connectivity index (χ2n) is 7.68. The number of allylic oxidation sites excluding steroid dienone is 5. The third-order valence-corrected chi connectivity index (χ3v) is 5.87. The van der Waals surface area contributed by atoms with Crippen LogP contribution in [0, 0.1) is 17.3 Å². The summed E-state index contributed by atoms with van der Waals surface area (Å²) in [6.07, 6.45) is 13.8. The summed E-state index contributed by atoms with van der Waals surface area (Å²) < 4.78 is 0. The van der Waals surface area contributed by atoms with Crippen LogP contribution >= 0.6 is 0 Å². The van der Waals surface area contributed by atoms with Crippen LogP contribution in [0.3, 0.4) is 0 Å². The maximum atomic E-state index is 4.40. The average Bonchev–Trinajstić information content (AvgIpc) is 2.36. The van der Waals surface area contributed by atoms with Crippen LogP contribution in [-0.2, 0) is 0 Å². The molecule has 0 nitrogen and oxygen atoms in total. The van der Waals surface area contributed by atoms with E-state index in [1.807, 2.05) is 0 Å². The van der Waals surface area contributed by atoms with Gasteiger partial charge in [-0.1, -0.05) is 49.3 Å². The van der Waals surface area contributed by atoms with Crippen LogP contribution < -0.4 is 0 Å². The zero-order valence-corrected chi connectivity index (χ0v) is 14.0. The highest BCUT2D eigenvalue weighted by molar-refractivity contribution is 5.15. The van der Waals surface area contributed by atoms with Crippen molar-refractivity contribution < 1.29 is 0 Å². The quantitative estimate of drug-likeness (QED) is 0.444. The Morgan fingerprint density at radius 2 is 1.70 bits per heavy atom. The fourth-order valence-electron chi connectivity index (χ4n) is 4.18. The van der Waals surface area contributed by atoms with Crippen molar-refractivity contribution in [2.45, 2.75) is 72.6 Å². The molecule has 1 fully saturated rings. The summed E-state index contributed by atoms with van der Waals surface area (Å²) in [5, 5.41) is 0. The first-order chi connectivity index (χ1) is 9.41. The topological polar surface area (TPSA) is 0 Å². The Labute approximate surface area is 126 Å². The first kappa shape index (κ1) is 15.6. The van der Waals surface area contributed by atoms with E-state index in [9.17, 15) is 0 Å². The molecule has 112 valence electrons. The summed E-state index contributed by atoms with van der Waals surface area (Å²) in [6, 6.07) is 0. The van der Waals surface area contributed by atoms with Gasteiger partial charge in [0.15, 0.2) is 0 Å². The molecule has 0 aromatic carbocycles. The third kappa shape index (κ3) is 3.45. The summed E-state index contributed by atoms with van der Waals surface area (Å²) in [5.41, 5.74) is 5.07. The summed E-state index contributed by atoms with van der Waals surface area (Å²) in [7, 11) is 0. The summed E-state index contributed by atoms with van der Waals surface area (Å²) in [6.45, 7) is 14.0. The third-order valence-electron chi connectivity index (χ3n) is 5.87.